The second kappa shape index (κ2) is 5.34. The van der Waals surface area contributed by atoms with Gasteiger partial charge in [-0.1, -0.05) is 12.1 Å². The summed E-state index contributed by atoms with van der Waals surface area (Å²) in [4.78, 5) is 25.6. The van der Waals surface area contributed by atoms with Crippen molar-refractivity contribution in [3.63, 3.8) is 0 Å². The minimum absolute atomic E-state index is 0.0917. The first kappa shape index (κ1) is 13.8. The largest absolute Gasteiger partial charge is 0.477 e. The van der Waals surface area contributed by atoms with Crippen molar-refractivity contribution >= 4 is 17.5 Å². The number of carbonyl (C=O) groups is 2. The van der Waals surface area contributed by atoms with Crippen molar-refractivity contribution in [2.45, 2.75) is 12.1 Å². The van der Waals surface area contributed by atoms with Crippen LogP contribution in [0.5, 0.6) is 5.75 Å². The van der Waals surface area contributed by atoms with E-state index in [4.69, 9.17) is 20.9 Å². The molecule has 3 rings (SSSR count). The van der Waals surface area contributed by atoms with E-state index >= 15 is 0 Å². The number of rotatable bonds is 2. The van der Waals surface area contributed by atoms with Gasteiger partial charge in [0.15, 0.2) is 6.10 Å². The number of benzene rings is 1. The van der Waals surface area contributed by atoms with Gasteiger partial charge in [-0.25, -0.2) is 0 Å². The molecule has 1 saturated heterocycles. The summed E-state index contributed by atoms with van der Waals surface area (Å²) in [6.45, 7) is 0.747. The van der Waals surface area contributed by atoms with Crippen molar-refractivity contribution in [3.8, 4) is 5.75 Å². The van der Waals surface area contributed by atoms with Gasteiger partial charge in [0.05, 0.1) is 31.4 Å². The maximum Gasteiger partial charge on any atom is 0.260 e. The van der Waals surface area contributed by atoms with Gasteiger partial charge in [0.2, 0.25) is 5.91 Å². The molecule has 0 aliphatic carbocycles. The summed E-state index contributed by atoms with van der Waals surface area (Å²) in [6, 6.07) is 6.72. The van der Waals surface area contributed by atoms with Crippen molar-refractivity contribution in [1.82, 2.24) is 0 Å². The molecule has 0 saturated carbocycles. The monoisotopic (exact) mass is 291 g/mol. The molecule has 1 fully saturated rings. The Kier molecular flexibility index (Phi) is 3.52. The lowest BCUT2D eigenvalue weighted by Gasteiger charge is -2.35. The van der Waals surface area contributed by atoms with Crippen molar-refractivity contribution in [2.24, 2.45) is 17.4 Å². The Hall–Kier alpha value is -2.12. The molecule has 2 aliphatic rings. The fourth-order valence-electron chi connectivity index (χ4n) is 2.62. The fraction of sp³-hybridized carbons (Fsp3) is 0.429. The van der Waals surface area contributed by atoms with E-state index in [9.17, 15) is 9.59 Å². The number of anilines is 1. The van der Waals surface area contributed by atoms with E-state index in [1.165, 1.54) is 4.90 Å². The van der Waals surface area contributed by atoms with Crippen molar-refractivity contribution < 1.29 is 19.1 Å². The highest BCUT2D eigenvalue weighted by Gasteiger charge is 2.39. The summed E-state index contributed by atoms with van der Waals surface area (Å²) >= 11 is 0. The molecule has 21 heavy (non-hydrogen) atoms. The number of ether oxygens (including phenoxy) is 2. The molecule has 1 aromatic carbocycles. The molecule has 0 radical (unpaired) electrons. The summed E-state index contributed by atoms with van der Waals surface area (Å²) < 4.78 is 10.8. The van der Waals surface area contributed by atoms with Gasteiger partial charge in [0, 0.05) is 6.04 Å². The number of para-hydroxylation sites is 2. The molecular weight excluding hydrogens is 274 g/mol. The van der Waals surface area contributed by atoms with Crippen molar-refractivity contribution in [2.75, 3.05) is 24.7 Å². The lowest BCUT2D eigenvalue weighted by atomic mass is 10.0. The number of hydrogen-bond acceptors (Lipinski definition) is 5. The third-order valence-electron chi connectivity index (χ3n) is 3.80. The summed E-state index contributed by atoms with van der Waals surface area (Å²) in [7, 11) is 0. The van der Waals surface area contributed by atoms with E-state index in [2.05, 4.69) is 0 Å². The zero-order valence-corrected chi connectivity index (χ0v) is 11.4. The van der Waals surface area contributed by atoms with E-state index in [0.29, 0.717) is 24.7 Å². The minimum atomic E-state index is -0.859. The Labute approximate surface area is 121 Å². The molecule has 2 heterocycles. The van der Waals surface area contributed by atoms with Crippen LogP contribution in [-0.2, 0) is 14.3 Å². The smallest absolute Gasteiger partial charge is 0.260 e. The molecule has 3 unspecified atom stereocenters. The van der Waals surface area contributed by atoms with Crippen LogP contribution in [0, 0.1) is 5.92 Å². The Morgan fingerprint density at radius 3 is 2.67 bits per heavy atom. The summed E-state index contributed by atoms with van der Waals surface area (Å²) in [5.41, 5.74) is 11.8. The number of nitrogens with two attached hydrogens (primary N) is 2. The molecule has 112 valence electrons. The summed E-state index contributed by atoms with van der Waals surface area (Å²) in [6.07, 6.45) is -0.859. The third-order valence-corrected chi connectivity index (χ3v) is 3.80. The molecule has 7 heteroatoms. The van der Waals surface area contributed by atoms with E-state index in [1.807, 2.05) is 0 Å². The number of amides is 2. The van der Waals surface area contributed by atoms with Crippen LogP contribution >= 0.6 is 0 Å². The molecule has 3 atom stereocenters. The van der Waals surface area contributed by atoms with E-state index in [1.54, 1.807) is 24.3 Å². The predicted octanol–water partition coefficient (Wildman–Crippen LogP) is -0.760. The zero-order chi connectivity index (χ0) is 15.0. The number of hydrogen-bond donors (Lipinski definition) is 2. The normalized spacial score (nSPS) is 27.9. The minimum Gasteiger partial charge on any atom is -0.477 e. The molecule has 1 aromatic rings. The first-order chi connectivity index (χ1) is 10.1. The SMILES string of the molecule is NC(=O)C1CN(C(=O)C2COCC2N)c2ccccc2O1. The van der Waals surface area contributed by atoms with E-state index in [0.717, 1.165) is 0 Å². The number of carbonyl (C=O) groups excluding carboxylic acids is 2. The number of primary amides is 1. The highest BCUT2D eigenvalue weighted by Crippen LogP contribution is 2.34. The zero-order valence-electron chi connectivity index (χ0n) is 11.4. The average molecular weight is 291 g/mol. The predicted molar refractivity (Wildman–Crippen MR) is 74.7 cm³/mol. The van der Waals surface area contributed by atoms with Gasteiger partial charge in [-0.2, -0.15) is 0 Å². The summed E-state index contributed by atoms with van der Waals surface area (Å²) in [5.74, 6) is -0.714. The highest BCUT2D eigenvalue weighted by atomic mass is 16.5. The van der Waals surface area contributed by atoms with Gasteiger partial charge in [0.25, 0.3) is 5.91 Å². The van der Waals surface area contributed by atoms with Crippen LogP contribution in [0.2, 0.25) is 0 Å². The van der Waals surface area contributed by atoms with E-state index in [-0.39, 0.29) is 18.5 Å². The van der Waals surface area contributed by atoms with Gasteiger partial charge in [0.1, 0.15) is 5.75 Å². The van der Waals surface area contributed by atoms with Gasteiger partial charge < -0.3 is 25.8 Å². The van der Waals surface area contributed by atoms with E-state index < -0.39 is 17.9 Å². The lowest BCUT2D eigenvalue weighted by Crippen LogP contribution is -2.52. The second-order valence-electron chi connectivity index (χ2n) is 5.23. The molecule has 0 aromatic heterocycles. The Bertz CT molecular complexity index is 577. The standard InChI is InChI=1S/C14H17N3O4/c15-9-7-20-6-8(9)14(19)17-5-12(13(16)18)21-11-4-2-1-3-10(11)17/h1-4,8-9,12H,5-7,15H2,(H2,16,18). The van der Waals surface area contributed by atoms with Crippen LogP contribution in [0.3, 0.4) is 0 Å². The Balaban J connectivity index is 1.92. The average Bonchev–Trinajstić information content (AvgIpc) is 2.91. The third kappa shape index (κ3) is 2.45. The Morgan fingerprint density at radius 2 is 2.00 bits per heavy atom. The Morgan fingerprint density at radius 1 is 1.24 bits per heavy atom. The maximum atomic E-state index is 12.7. The molecule has 2 aliphatic heterocycles. The molecule has 2 amide bonds. The lowest BCUT2D eigenvalue weighted by molar-refractivity contribution is -0.126. The van der Waals surface area contributed by atoms with Crippen LogP contribution in [0.4, 0.5) is 5.69 Å². The van der Waals surface area contributed by atoms with Crippen molar-refractivity contribution in [1.29, 1.82) is 0 Å². The van der Waals surface area contributed by atoms with Crippen LogP contribution in [0.1, 0.15) is 0 Å². The fourth-order valence-corrected chi connectivity index (χ4v) is 2.62. The first-order valence-electron chi connectivity index (χ1n) is 6.77. The topological polar surface area (TPSA) is 108 Å². The first-order valence-corrected chi connectivity index (χ1v) is 6.77. The maximum absolute atomic E-state index is 12.7. The quantitative estimate of drug-likeness (QED) is 0.744. The number of nitrogens with zero attached hydrogens (tertiary/aromatic N) is 1. The van der Waals surface area contributed by atoms with Gasteiger partial charge >= 0.3 is 0 Å². The molecule has 7 nitrogen and oxygen atoms in total. The molecule has 0 bridgehead atoms. The van der Waals surface area contributed by atoms with Crippen LogP contribution < -0.4 is 21.1 Å². The second-order valence-corrected chi connectivity index (χ2v) is 5.23. The van der Waals surface area contributed by atoms with Crippen molar-refractivity contribution in [3.05, 3.63) is 24.3 Å². The number of fused-ring (bicyclic) bond motifs is 1. The van der Waals surface area contributed by atoms with Crippen LogP contribution in [-0.4, -0.2) is 43.7 Å². The van der Waals surface area contributed by atoms with Gasteiger partial charge in [-0.05, 0) is 12.1 Å². The van der Waals surface area contributed by atoms with Gasteiger partial charge in [-0.3, -0.25) is 9.59 Å². The summed E-state index contributed by atoms with van der Waals surface area (Å²) in [5, 5.41) is 0. The molecule has 0 spiro atoms. The molecular formula is C14H17N3O4. The van der Waals surface area contributed by atoms with Crippen LogP contribution in [0.15, 0.2) is 24.3 Å². The van der Waals surface area contributed by atoms with Gasteiger partial charge in [-0.15, -0.1) is 0 Å². The molecule has 4 N–H and O–H groups in total. The van der Waals surface area contributed by atoms with Crippen LogP contribution in [0.25, 0.3) is 0 Å². The highest BCUT2D eigenvalue weighted by molar-refractivity contribution is 5.99.